The van der Waals surface area contributed by atoms with Gasteiger partial charge in [0.15, 0.2) is 0 Å². The number of hydrogen-bond donors (Lipinski definition) is 1. The summed E-state index contributed by atoms with van der Waals surface area (Å²) in [6.07, 6.45) is 0. The average Bonchev–Trinajstić information content (AvgIpc) is 2.96. The van der Waals surface area contributed by atoms with Gasteiger partial charge in [0.2, 0.25) is 0 Å². The first kappa shape index (κ1) is 20.2. The zero-order valence-electron chi connectivity index (χ0n) is 15.8. The lowest BCUT2D eigenvalue weighted by molar-refractivity contribution is -0.120. The van der Waals surface area contributed by atoms with Crippen molar-refractivity contribution in [2.24, 2.45) is 0 Å². The first-order valence-corrected chi connectivity index (χ1v) is 8.75. The number of rotatable bonds is 6. The van der Waals surface area contributed by atoms with E-state index in [9.17, 15) is 14.4 Å². The van der Waals surface area contributed by atoms with Gasteiger partial charge in [-0.25, -0.2) is 9.69 Å². The number of benzene rings is 2. The largest absolute Gasteiger partial charge is 0.497 e. The zero-order chi connectivity index (χ0) is 21.1. The van der Waals surface area contributed by atoms with E-state index in [1.165, 1.54) is 33.5 Å². The van der Waals surface area contributed by atoms with E-state index in [0.29, 0.717) is 17.2 Å². The highest BCUT2D eigenvalue weighted by molar-refractivity contribution is 6.53. The molecule has 1 aliphatic heterocycles. The van der Waals surface area contributed by atoms with Crippen molar-refractivity contribution in [2.45, 2.75) is 0 Å². The molecule has 0 fully saturated rings. The molecule has 0 spiro atoms. The van der Waals surface area contributed by atoms with Crippen LogP contribution in [0, 0.1) is 0 Å². The number of hydrogen-bond acceptors (Lipinski definition) is 7. The summed E-state index contributed by atoms with van der Waals surface area (Å²) in [6, 6.07) is 11.0. The van der Waals surface area contributed by atoms with Crippen molar-refractivity contribution in [3.05, 3.63) is 58.8 Å². The standard InChI is InChI=1S/C20H17ClN2O6/c1-27-11-8-9-13(15(10-11)28-2)22-17-16(21)18(24)23(19(17)25)14-7-5-4-6-12(14)20(26)29-3/h4-10,22H,1-3H3. The van der Waals surface area contributed by atoms with Crippen LogP contribution in [0.4, 0.5) is 11.4 Å². The minimum absolute atomic E-state index is 0.0597. The Morgan fingerprint density at radius 3 is 2.38 bits per heavy atom. The number of carbonyl (C=O) groups excluding carboxylic acids is 3. The van der Waals surface area contributed by atoms with Crippen LogP contribution >= 0.6 is 11.6 Å². The third-order valence-electron chi connectivity index (χ3n) is 4.25. The molecular weight excluding hydrogens is 400 g/mol. The fraction of sp³-hybridized carbons (Fsp3) is 0.150. The van der Waals surface area contributed by atoms with E-state index in [4.69, 9.17) is 25.8 Å². The van der Waals surface area contributed by atoms with Gasteiger partial charge in [-0.15, -0.1) is 0 Å². The van der Waals surface area contributed by atoms with E-state index in [-0.39, 0.29) is 22.0 Å². The summed E-state index contributed by atoms with van der Waals surface area (Å²) in [7, 11) is 4.18. The van der Waals surface area contributed by atoms with Gasteiger partial charge >= 0.3 is 5.97 Å². The fourth-order valence-electron chi connectivity index (χ4n) is 2.82. The van der Waals surface area contributed by atoms with E-state index in [2.05, 4.69) is 5.32 Å². The second-order valence-electron chi connectivity index (χ2n) is 5.83. The van der Waals surface area contributed by atoms with Crippen molar-refractivity contribution in [2.75, 3.05) is 31.5 Å². The molecule has 150 valence electrons. The van der Waals surface area contributed by atoms with Crippen LogP contribution in [0.3, 0.4) is 0 Å². The number of imide groups is 1. The topological polar surface area (TPSA) is 94.2 Å². The molecule has 0 aromatic heterocycles. The van der Waals surface area contributed by atoms with E-state index in [1.54, 1.807) is 30.3 Å². The van der Waals surface area contributed by atoms with Crippen LogP contribution in [0.2, 0.25) is 0 Å². The van der Waals surface area contributed by atoms with Crippen molar-refractivity contribution in [1.82, 2.24) is 0 Å². The molecule has 0 saturated heterocycles. The summed E-state index contributed by atoms with van der Waals surface area (Å²) in [4.78, 5) is 38.6. The van der Waals surface area contributed by atoms with E-state index in [1.807, 2.05) is 0 Å². The minimum atomic E-state index is -0.761. The van der Waals surface area contributed by atoms with Gasteiger partial charge < -0.3 is 19.5 Å². The highest BCUT2D eigenvalue weighted by Gasteiger charge is 2.40. The third kappa shape index (κ3) is 3.62. The normalized spacial score (nSPS) is 13.6. The molecule has 1 aliphatic rings. The molecule has 2 aromatic carbocycles. The Bertz CT molecular complexity index is 1030. The predicted molar refractivity (Wildman–Crippen MR) is 106 cm³/mol. The average molecular weight is 417 g/mol. The number of ether oxygens (including phenoxy) is 3. The predicted octanol–water partition coefficient (Wildman–Crippen LogP) is 2.93. The zero-order valence-corrected chi connectivity index (χ0v) is 16.6. The smallest absolute Gasteiger partial charge is 0.339 e. The molecule has 0 bridgehead atoms. The van der Waals surface area contributed by atoms with Gasteiger partial charge in [-0.1, -0.05) is 23.7 Å². The van der Waals surface area contributed by atoms with Crippen molar-refractivity contribution >= 4 is 40.8 Å². The number of nitrogens with one attached hydrogen (secondary N) is 1. The number of methoxy groups -OCH3 is 3. The molecule has 8 nitrogen and oxygen atoms in total. The number of amides is 2. The van der Waals surface area contributed by atoms with E-state index < -0.39 is 17.8 Å². The number of para-hydroxylation sites is 1. The summed E-state index contributed by atoms with van der Waals surface area (Å²) < 4.78 is 15.2. The Balaban J connectivity index is 1.98. The number of carbonyl (C=O) groups is 3. The fourth-order valence-corrected chi connectivity index (χ4v) is 3.03. The molecule has 0 aliphatic carbocycles. The van der Waals surface area contributed by atoms with Gasteiger partial charge in [-0.05, 0) is 24.3 Å². The molecule has 0 atom stereocenters. The highest BCUT2D eigenvalue weighted by Crippen LogP contribution is 2.35. The first-order chi connectivity index (χ1) is 13.9. The Morgan fingerprint density at radius 1 is 1.00 bits per heavy atom. The van der Waals surface area contributed by atoms with Crippen LogP contribution in [0.1, 0.15) is 10.4 Å². The molecule has 1 N–H and O–H groups in total. The summed E-state index contributed by atoms with van der Waals surface area (Å²) >= 11 is 6.16. The minimum Gasteiger partial charge on any atom is -0.497 e. The van der Waals surface area contributed by atoms with Crippen molar-refractivity contribution in [1.29, 1.82) is 0 Å². The molecule has 3 rings (SSSR count). The SMILES string of the molecule is COC(=O)c1ccccc1N1C(=O)C(Cl)=C(Nc2ccc(OC)cc2OC)C1=O. The first-order valence-electron chi connectivity index (χ1n) is 8.37. The van der Waals surface area contributed by atoms with Crippen molar-refractivity contribution in [3.8, 4) is 11.5 Å². The molecule has 29 heavy (non-hydrogen) atoms. The molecule has 2 amide bonds. The number of esters is 1. The van der Waals surface area contributed by atoms with Crippen LogP contribution in [0.15, 0.2) is 53.2 Å². The number of anilines is 2. The maximum absolute atomic E-state index is 13.0. The maximum Gasteiger partial charge on any atom is 0.339 e. The molecule has 0 unspecified atom stereocenters. The molecular formula is C20H17ClN2O6. The Hall–Kier alpha value is -3.52. The lowest BCUT2D eigenvalue weighted by atomic mass is 10.1. The summed E-state index contributed by atoms with van der Waals surface area (Å²) in [6.45, 7) is 0. The lowest BCUT2D eigenvalue weighted by Gasteiger charge is -2.18. The van der Waals surface area contributed by atoms with Gasteiger partial charge in [0, 0.05) is 6.07 Å². The summed E-state index contributed by atoms with van der Waals surface area (Å²) in [5, 5.41) is 2.53. The van der Waals surface area contributed by atoms with Crippen LogP contribution in [-0.2, 0) is 14.3 Å². The van der Waals surface area contributed by atoms with Crippen LogP contribution < -0.4 is 19.7 Å². The maximum atomic E-state index is 13.0. The van der Waals surface area contributed by atoms with Gasteiger partial charge in [0.05, 0.1) is 38.3 Å². The second kappa shape index (κ2) is 8.24. The van der Waals surface area contributed by atoms with Crippen LogP contribution in [0.25, 0.3) is 0 Å². The van der Waals surface area contributed by atoms with Crippen LogP contribution in [0.5, 0.6) is 11.5 Å². The lowest BCUT2D eigenvalue weighted by Crippen LogP contribution is -2.33. The number of nitrogens with zero attached hydrogens (tertiary/aromatic N) is 1. The van der Waals surface area contributed by atoms with Gasteiger partial charge in [0.1, 0.15) is 22.2 Å². The van der Waals surface area contributed by atoms with Crippen molar-refractivity contribution in [3.63, 3.8) is 0 Å². The van der Waals surface area contributed by atoms with Crippen LogP contribution in [-0.4, -0.2) is 39.1 Å². The summed E-state index contributed by atoms with van der Waals surface area (Å²) in [5.74, 6) is -1.22. The summed E-state index contributed by atoms with van der Waals surface area (Å²) in [5.41, 5.74) is 0.404. The Kier molecular flexibility index (Phi) is 5.74. The Morgan fingerprint density at radius 2 is 1.72 bits per heavy atom. The quantitative estimate of drug-likeness (QED) is 0.571. The van der Waals surface area contributed by atoms with Gasteiger partial charge in [-0.2, -0.15) is 0 Å². The number of halogens is 1. The van der Waals surface area contributed by atoms with Gasteiger partial charge in [0.25, 0.3) is 11.8 Å². The molecule has 9 heteroatoms. The van der Waals surface area contributed by atoms with E-state index in [0.717, 1.165) is 4.90 Å². The van der Waals surface area contributed by atoms with Gasteiger partial charge in [-0.3, -0.25) is 9.59 Å². The van der Waals surface area contributed by atoms with Crippen molar-refractivity contribution < 1.29 is 28.6 Å². The van der Waals surface area contributed by atoms with E-state index >= 15 is 0 Å². The Labute approximate surface area is 171 Å². The molecule has 0 radical (unpaired) electrons. The second-order valence-corrected chi connectivity index (χ2v) is 6.21. The molecule has 1 heterocycles. The molecule has 2 aromatic rings. The molecule has 0 saturated carbocycles. The highest BCUT2D eigenvalue weighted by atomic mass is 35.5. The monoisotopic (exact) mass is 416 g/mol. The third-order valence-corrected chi connectivity index (χ3v) is 4.60.